The highest BCUT2D eigenvalue weighted by molar-refractivity contribution is 7.82. The molecule has 1 aliphatic rings. The van der Waals surface area contributed by atoms with Gasteiger partial charge < -0.3 is 4.74 Å². The summed E-state index contributed by atoms with van der Waals surface area (Å²) < 4.78 is 35.3. The van der Waals surface area contributed by atoms with Crippen molar-refractivity contribution in [1.29, 1.82) is 0 Å². The molecule has 0 bridgehead atoms. The number of nitrogens with zero attached hydrogens (tertiary/aromatic N) is 1. The summed E-state index contributed by atoms with van der Waals surface area (Å²) in [4.78, 5) is 0. The first-order valence-electron chi connectivity index (χ1n) is 4.04. The number of hydrazine groups is 1. The topological polar surface area (TPSA) is 77.1 Å². The lowest BCUT2D eigenvalue weighted by Crippen LogP contribution is -2.28. The van der Waals surface area contributed by atoms with Crippen LogP contribution in [0.5, 0.6) is 5.75 Å². The van der Waals surface area contributed by atoms with Crippen molar-refractivity contribution in [3.8, 4) is 5.75 Å². The van der Waals surface area contributed by atoms with Gasteiger partial charge in [0.15, 0.2) is 0 Å². The lowest BCUT2D eigenvalue weighted by Gasteiger charge is -2.13. The van der Waals surface area contributed by atoms with Gasteiger partial charge in [0.2, 0.25) is 0 Å². The first-order chi connectivity index (χ1) is 7.52. The maximum Gasteiger partial charge on any atom is 0.440 e. The normalized spacial score (nSPS) is 18.8. The Labute approximate surface area is 96.7 Å². The van der Waals surface area contributed by atoms with Gasteiger partial charge in [-0.25, -0.2) is 0 Å². The van der Waals surface area contributed by atoms with Crippen LogP contribution >= 0.6 is 11.6 Å². The van der Waals surface area contributed by atoms with Gasteiger partial charge in [-0.2, -0.15) is 8.42 Å². The molecule has 1 aromatic carbocycles. The lowest BCUT2D eigenvalue weighted by atomic mass is 10.3. The van der Waals surface area contributed by atoms with Gasteiger partial charge in [0.1, 0.15) is 11.4 Å². The number of hydrogen-bond donors (Lipinski definition) is 1. The number of anilines is 1. The molecule has 0 radical (unpaired) electrons. The van der Waals surface area contributed by atoms with Gasteiger partial charge in [-0.1, -0.05) is 17.2 Å². The van der Waals surface area contributed by atoms with Crippen molar-refractivity contribution >= 4 is 27.7 Å². The third-order valence-electron chi connectivity index (χ3n) is 1.76. The van der Waals surface area contributed by atoms with E-state index in [0.29, 0.717) is 5.75 Å². The Hall–Kier alpha value is -1.06. The number of benzene rings is 1. The molecule has 0 aliphatic carbocycles. The van der Waals surface area contributed by atoms with Crippen molar-refractivity contribution in [2.45, 2.75) is 0 Å². The van der Waals surface area contributed by atoms with Crippen molar-refractivity contribution in [2.24, 2.45) is 0 Å². The average Bonchev–Trinajstić information content (AvgIpc) is 2.59. The number of rotatable bonds is 2. The highest BCUT2D eigenvalue weighted by Crippen LogP contribution is 2.31. The van der Waals surface area contributed by atoms with E-state index in [-0.39, 0.29) is 10.7 Å². The van der Waals surface area contributed by atoms with Crippen LogP contribution in [0.15, 0.2) is 18.2 Å². The highest BCUT2D eigenvalue weighted by atomic mass is 35.5. The van der Waals surface area contributed by atoms with Gasteiger partial charge in [-0.3, -0.25) is 0 Å². The molecule has 1 saturated heterocycles. The molecule has 2 rings (SSSR count). The molecule has 0 aromatic heterocycles. The van der Waals surface area contributed by atoms with E-state index >= 15 is 0 Å². The Morgan fingerprint density at radius 2 is 2.25 bits per heavy atom. The summed E-state index contributed by atoms with van der Waals surface area (Å²) in [5, 5.41) is 1.05. The van der Waals surface area contributed by atoms with Crippen molar-refractivity contribution in [1.82, 2.24) is 5.59 Å². The molecule has 9 heteroatoms. The van der Waals surface area contributed by atoms with Crippen LogP contribution in [0, 0.1) is 0 Å². The molecule has 0 spiro atoms. The van der Waals surface area contributed by atoms with Crippen molar-refractivity contribution in [2.75, 3.05) is 12.3 Å². The van der Waals surface area contributed by atoms with Gasteiger partial charge in [-0.15, -0.1) is 13.7 Å². The van der Waals surface area contributed by atoms with E-state index < -0.39 is 10.4 Å². The maximum absolute atomic E-state index is 10.9. The molecule has 1 fully saturated rings. The minimum Gasteiger partial charge on any atom is -0.497 e. The Morgan fingerprint density at radius 3 is 2.81 bits per heavy atom. The fraction of sp³-hybridized carbons (Fsp3) is 0.143. The molecule has 1 heterocycles. The second-order valence-electron chi connectivity index (χ2n) is 2.77. The standard InChI is InChI=1S/C7H7ClN2O5S/c1-13-5-2-3-6(8)7(4-5)10-9-14-16(11,12)15-10/h2-4,9H,1H3. The van der Waals surface area contributed by atoms with Gasteiger partial charge in [0, 0.05) is 6.07 Å². The molecule has 0 saturated carbocycles. The zero-order chi connectivity index (χ0) is 11.8. The third kappa shape index (κ3) is 2.20. The van der Waals surface area contributed by atoms with Gasteiger partial charge >= 0.3 is 10.4 Å². The van der Waals surface area contributed by atoms with Crippen LogP contribution in [0.3, 0.4) is 0 Å². The predicted octanol–water partition coefficient (Wildman–Crippen LogP) is 0.781. The SMILES string of the molecule is COc1ccc(Cl)c(N2NOS(=O)(=O)O2)c1. The number of methoxy groups -OCH3 is 1. The Morgan fingerprint density at radius 1 is 1.50 bits per heavy atom. The third-order valence-corrected chi connectivity index (χ3v) is 2.69. The van der Waals surface area contributed by atoms with E-state index in [0.717, 1.165) is 5.17 Å². The minimum absolute atomic E-state index is 0.252. The molecule has 0 unspecified atom stereocenters. The van der Waals surface area contributed by atoms with Crippen LogP contribution in [0.1, 0.15) is 0 Å². The molecule has 88 valence electrons. The Kier molecular flexibility index (Phi) is 2.91. The van der Waals surface area contributed by atoms with Gasteiger partial charge in [0.25, 0.3) is 0 Å². The van der Waals surface area contributed by atoms with Crippen molar-refractivity contribution in [3.05, 3.63) is 23.2 Å². The molecule has 16 heavy (non-hydrogen) atoms. The number of nitrogens with one attached hydrogen (secondary N) is 1. The number of ether oxygens (including phenoxy) is 1. The smallest absolute Gasteiger partial charge is 0.440 e. The van der Waals surface area contributed by atoms with Crippen LogP contribution in [-0.2, 0) is 19.0 Å². The summed E-state index contributed by atoms with van der Waals surface area (Å²) in [7, 11) is -2.59. The largest absolute Gasteiger partial charge is 0.497 e. The summed E-state index contributed by atoms with van der Waals surface area (Å²) in [6, 6.07) is 4.64. The molecule has 0 atom stereocenters. The second kappa shape index (κ2) is 4.07. The molecule has 1 N–H and O–H groups in total. The number of hydrogen-bond acceptors (Lipinski definition) is 7. The van der Waals surface area contributed by atoms with E-state index in [1.165, 1.54) is 19.2 Å². The molecule has 7 nitrogen and oxygen atoms in total. The molecule has 1 aromatic rings. The first kappa shape index (κ1) is 11.4. The quantitative estimate of drug-likeness (QED) is 0.847. The van der Waals surface area contributed by atoms with Crippen molar-refractivity contribution < 1.29 is 21.7 Å². The van der Waals surface area contributed by atoms with Gasteiger partial charge in [-0.05, 0) is 12.1 Å². The first-order valence-corrected chi connectivity index (χ1v) is 5.75. The summed E-state index contributed by atoms with van der Waals surface area (Å²) in [6.45, 7) is 0. The zero-order valence-corrected chi connectivity index (χ0v) is 9.58. The van der Waals surface area contributed by atoms with Crippen LogP contribution in [0.2, 0.25) is 5.02 Å². The van der Waals surface area contributed by atoms with E-state index in [1.54, 1.807) is 6.07 Å². The summed E-state index contributed by atoms with van der Waals surface area (Å²) >= 11 is 5.86. The summed E-state index contributed by atoms with van der Waals surface area (Å²) in [5.41, 5.74) is 2.29. The maximum atomic E-state index is 10.9. The van der Waals surface area contributed by atoms with Crippen LogP contribution in [0.4, 0.5) is 5.69 Å². The number of halogens is 1. The van der Waals surface area contributed by atoms with E-state index in [2.05, 4.69) is 8.57 Å². The molecular formula is C7H7ClN2O5S. The Bertz CT molecular complexity index is 505. The van der Waals surface area contributed by atoms with E-state index in [9.17, 15) is 8.42 Å². The predicted molar refractivity (Wildman–Crippen MR) is 54.7 cm³/mol. The fourth-order valence-corrected chi connectivity index (χ4v) is 1.74. The fourth-order valence-electron chi connectivity index (χ4n) is 1.07. The van der Waals surface area contributed by atoms with Crippen LogP contribution in [-0.4, -0.2) is 15.5 Å². The molecule has 0 amide bonds. The second-order valence-corrected chi connectivity index (χ2v) is 4.31. The van der Waals surface area contributed by atoms with Gasteiger partial charge in [0.05, 0.1) is 12.1 Å². The lowest BCUT2D eigenvalue weighted by molar-refractivity contribution is 0.198. The summed E-state index contributed by atoms with van der Waals surface area (Å²) in [5.74, 6) is 0.495. The Balaban J connectivity index is 2.33. The monoisotopic (exact) mass is 266 g/mol. The zero-order valence-electron chi connectivity index (χ0n) is 8.01. The summed E-state index contributed by atoms with van der Waals surface area (Å²) in [6.07, 6.45) is 0. The molecule has 1 aliphatic heterocycles. The molecular weight excluding hydrogens is 260 g/mol. The van der Waals surface area contributed by atoms with Crippen molar-refractivity contribution in [3.63, 3.8) is 0 Å². The van der Waals surface area contributed by atoms with E-state index in [4.69, 9.17) is 16.3 Å². The highest BCUT2D eigenvalue weighted by Gasteiger charge is 2.30. The minimum atomic E-state index is -4.06. The van der Waals surface area contributed by atoms with Crippen LogP contribution in [0.25, 0.3) is 0 Å². The van der Waals surface area contributed by atoms with E-state index in [1.807, 2.05) is 5.59 Å². The average molecular weight is 267 g/mol. The van der Waals surface area contributed by atoms with Crippen LogP contribution < -0.4 is 15.5 Å².